The fraction of sp³-hybridized carbons (Fsp3) is 0.364. The Morgan fingerprint density at radius 3 is 2.58 bits per heavy atom. The SMILES string of the molecule is NCCOc1ccccc1NC(=O)C(F)(F)C(F)F. The average Bonchev–Trinajstić information content (AvgIpc) is 2.37. The fourth-order valence-electron chi connectivity index (χ4n) is 1.17. The lowest BCUT2D eigenvalue weighted by Gasteiger charge is -2.16. The van der Waals surface area contributed by atoms with Crippen LogP contribution in [-0.2, 0) is 4.79 Å². The van der Waals surface area contributed by atoms with Gasteiger partial charge in [0.25, 0.3) is 0 Å². The van der Waals surface area contributed by atoms with Gasteiger partial charge in [-0.15, -0.1) is 0 Å². The van der Waals surface area contributed by atoms with Crippen molar-refractivity contribution in [1.82, 2.24) is 0 Å². The molecule has 8 heteroatoms. The Balaban J connectivity index is 2.85. The van der Waals surface area contributed by atoms with Gasteiger partial charge in [-0.25, -0.2) is 8.78 Å². The van der Waals surface area contributed by atoms with Gasteiger partial charge < -0.3 is 15.8 Å². The first-order valence-electron chi connectivity index (χ1n) is 5.29. The molecule has 1 aromatic carbocycles. The number of benzene rings is 1. The van der Waals surface area contributed by atoms with Crippen molar-refractivity contribution in [3.8, 4) is 5.75 Å². The molecule has 4 nitrogen and oxygen atoms in total. The number of hydrogen-bond acceptors (Lipinski definition) is 3. The van der Waals surface area contributed by atoms with E-state index in [1.165, 1.54) is 24.3 Å². The molecule has 1 aromatic rings. The minimum absolute atomic E-state index is 0.0753. The van der Waals surface area contributed by atoms with Crippen LogP contribution < -0.4 is 15.8 Å². The zero-order valence-electron chi connectivity index (χ0n) is 9.71. The predicted molar refractivity (Wildman–Crippen MR) is 60.6 cm³/mol. The molecule has 1 rings (SSSR count). The van der Waals surface area contributed by atoms with Crippen LogP contribution in [0.2, 0.25) is 0 Å². The normalized spacial score (nSPS) is 11.5. The highest BCUT2D eigenvalue weighted by molar-refractivity contribution is 5.97. The van der Waals surface area contributed by atoms with E-state index in [1.54, 1.807) is 5.32 Å². The molecule has 0 unspecified atom stereocenters. The summed E-state index contributed by atoms with van der Waals surface area (Å²) in [5.41, 5.74) is 5.08. The number of hydrogen-bond donors (Lipinski definition) is 2. The molecule has 0 aliphatic rings. The van der Waals surface area contributed by atoms with Crippen LogP contribution in [0.15, 0.2) is 24.3 Å². The number of rotatable bonds is 6. The standard InChI is InChI=1S/C11H12F4N2O2/c12-9(13)11(14,15)10(18)17-7-3-1-2-4-8(7)19-6-5-16/h1-4,9H,5-6,16H2,(H,17,18). The Hall–Kier alpha value is -1.83. The summed E-state index contributed by atoms with van der Waals surface area (Å²) in [7, 11) is 0. The summed E-state index contributed by atoms with van der Waals surface area (Å²) in [6.45, 7) is 0.271. The van der Waals surface area contributed by atoms with E-state index in [4.69, 9.17) is 10.5 Å². The van der Waals surface area contributed by atoms with Crippen LogP contribution in [0, 0.1) is 0 Å². The minimum Gasteiger partial charge on any atom is -0.490 e. The molecule has 3 N–H and O–H groups in total. The second-order valence-corrected chi connectivity index (χ2v) is 3.51. The third kappa shape index (κ3) is 3.82. The van der Waals surface area contributed by atoms with Gasteiger partial charge in [-0.1, -0.05) is 12.1 Å². The Morgan fingerprint density at radius 1 is 1.37 bits per heavy atom. The molecule has 0 saturated heterocycles. The number of nitrogens with one attached hydrogen (secondary N) is 1. The number of amides is 1. The quantitative estimate of drug-likeness (QED) is 0.782. The van der Waals surface area contributed by atoms with Crippen LogP contribution in [0.1, 0.15) is 0 Å². The van der Waals surface area contributed by atoms with Gasteiger partial charge in [0.2, 0.25) is 0 Å². The molecule has 0 atom stereocenters. The first-order valence-corrected chi connectivity index (χ1v) is 5.29. The van der Waals surface area contributed by atoms with Crippen molar-refractivity contribution in [2.45, 2.75) is 12.3 Å². The third-order valence-electron chi connectivity index (χ3n) is 2.09. The second kappa shape index (κ2) is 6.37. The summed E-state index contributed by atoms with van der Waals surface area (Å²) in [6.07, 6.45) is -4.08. The average molecular weight is 280 g/mol. The highest BCUT2D eigenvalue weighted by atomic mass is 19.3. The third-order valence-corrected chi connectivity index (χ3v) is 2.09. The number of nitrogens with two attached hydrogens (primary N) is 1. The van der Waals surface area contributed by atoms with Gasteiger partial charge in [0, 0.05) is 6.54 Å². The predicted octanol–water partition coefficient (Wildman–Crippen LogP) is 1.86. The molecule has 0 heterocycles. The van der Waals surface area contributed by atoms with E-state index in [-0.39, 0.29) is 24.6 Å². The first kappa shape index (κ1) is 15.2. The van der Waals surface area contributed by atoms with E-state index in [1.807, 2.05) is 0 Å². The molecule has 0 aliphatic carbocycles. The van der Waals surface area contributed by atoms with Crippen LogP contribution in [0.4, 0.5) is 23.2 Å². The largest absolute Gasteiger partial charge is 0.490 e. The number of alkyl halides is 4. The van der Waals surface area contributed by atoms with Crippen molar-refractivity contribution < 1.29 is 27.1 Å². The van der Waals surface area contributed by atoms with E-state index in [0.29, 0.717) is 0 Å². The first-order chi connectivity index (χ1) is 8.89. The van der Waals surface area contributed by atoms with E-state index in [9.17, 15) is 22.4 Å². The maximum absolute atomic E-state index is 12.8. The summed E-state index contributed by atoms with van der Waals surface area (Å²) in [5.74, 6) is -6.78. The zero-order valence-corrected chi connectivity index (χ0v) is 9.71. The number of carbonyl (C=O) groups excluding carboxylic acids is 1. The van der Waals surface area contributed by atoms with Crippen molar-refractivity contribution in [3.63, 3.8) is 0 Å². The van der Waals surface area contributed by atoms with Crippen LogP contribution in [-0.4, -0.2) is 31.4 Å². The Labute approximate surface area is 106 Å². The van der Waals surface area contributed by atoms with Gasteiger partial charge in [0.1, 0.15) is 12.4 Å². The zero-order chi connectivity index (χ0) is 14.5. The smallest absolute Gasteiger partial charge is 0.383 e. The lowest BCUT2D eigenvalue weighted by molar-refractivity contribution is -0.163. The molecule has 1 amide bonds. The summed E-state index contributed by atoms with van der Waals surface area (Å²) in [4.78, 5) is 11.1. The maximum atomic E-state index is 12.8. The van der Waals surface area contributed by atoms with Crippen molar-refractivity contribution in [2.24, 2.45) is 5.73 Å². The van der Waals surface area contributed by atoms with Gasteiger partial charge in [0.05, 0.1) is 5.69 Å². The van der Waals surface area contributed by atoms with Gasteiger partial charge in [-0.2, -0.15) is 8.78 Å². The van der Waals surface area contributed by atoms with Gasteiger partial charge >= 0.3 is 18.3 Å². The monoisotopic (exact) mass is 280 g/mol. The molecule has 0 fully saturated rings. The summed E-state index contributed by atoms with van der Waals surface area (Å²) in [6, 6.07) is 5.62. The van der Waals surface area contributed by atoms with Gasteiger partial charge in [-0.3, -0.25) is 4.79 Å². The minimum atomic E-state index is -4.76. The molecular weight excluding hydrogens is 268 g/mol. The number of ether oxygens (including phenoxy) is 1. The molecule has 0 bridgehead atoms. The van der Waals surface area contributed by atoms with E-state index < -0.39 is 18.3 Å². The molecule has 0 aromatic heterocycles. The summed E-state index contributed by atoms with van der Waals surface area (Å²) < 4.78 is 54.7. The van der Waals surface area contributed by atoms with Crippen molar-refractivity contribution in [2.75, 3.05) is 18.5 Å². The Bertz CT molecular complexity index is 440. The molecule has 0 saturated carbocycles. The van der Waals surface area contributed by atoms with E-state index in [2.05, 4.69) is 0 Å². The molecule has 0 spiro atoms. The van der Waals surface area contributed by atoms with E-state index in [0.717, 1.165) is 0 Å². The highest BCUT2D eigenvalue weighted by Crippen LogP contribution is 2.28. The topological polar surface area (TPSA) is 64.3 Å². The van der Waals surface area contributed by atoms with E-state index >= 15 is 0 Å². The lowest BCUT2D eigenvalue weighted by Crippen LogP contribution is -2.41. The van der Waals surface area contributed by atoms with Crippen LogP contribution in [0.3, 0.4) is 0 Å². The van der Waals surface area contributed by atoms with Crippen LogP contribution >= 0.6 is 0 Å². The molecular formula is C11H12F4N2O2. The van der Waals surface area contributed by atoms with Crippen molar-refractivity contribution >= 4 is 11.6 Å². The molecule has 0 radical (unpaired) electrons. The second-order valence-electron chi connectivity index (χ2n) is 3.51. The fourth-order valence-corrected chi connectivity index (χ4v) is 1.17. The number of para-hydroxylation sites is 2. The highest BCUT2D eigenvalue weighted by Gasteiger charge is 2.49. The Kier molecular flexibility index (Phi) is 5.11. The Morgan fingerprint density at radius 2 is 2.00 bits per heavy atom. The number of anilines is 1. The number of halogens is 4. The van der Waals surface area contributed by atoms with Gasteiger partial charge in [0.15, 0.2) is 0 Å². The maximum Gasteiger partial charge on any atom is 0.383 e. The molecule has 106 valence electrons. The van der Waals surface area contributed by atoms with Crippen molar-refractivity contribution in [1.29, 1.82) is 0 Å². The lowest BCUT2D eigenvalue weighted by atomic mass is 10.2. The van der Waals surface area contributed by atoms with Gasteiger partial charge in [-0.05, 0) is 12.1 Å². The van der Waals surface area contributed by atoms with Crippen LogP contribution in [0.25, 0.3) is 0 Å². The molecule has 19 heavy (non-hydrogen) atoms. The summed E-state index contributed by atoms with van der Waals surface area (Å²) in [5, 5.41) is 1.71. The number of carbonyl (C=O) groups is 1. The van der Waals surface area contributed by atoms with Crippen molar-refractivity contribution in [3.05, 3.63) is 24.3 Å². The summed E-state index contributed by atoms with van der Waals surface area (Å²) >= 11 is 0. The molecule has 0 aliphatic heterocycles. The van der Waals surface area contributed by atoms with Crippen LogP contribution in [0.5, 0.6) is 5.75 Å².